The Balaban J connectivity index is 2.89. The van der Waals surface area contributed by atoms with Crippen molar-refractivity contribution in [3.05, 3.63) is 11.6 Å². The molecule has 1 heterocycles. The molecule has 1 fully saturated rings. The lowest BCUT2D eigenvalue weighted by Gasteiger charge is -2.37. The van der Waals surface area contributed by atoms with Gasteiger partial charge in [-0.2, -0.15) is 4.39 Å². The molecule has 10 heteroatoms. The maximum absolute atomic E-state index is 12.9. The van der Waals surface area contributed by atoms with E-state index in [2.05, 4.69) is 4.74 Å². The van der Waals surface area contributed by atoms with Crippen molar-refractivity contribution < 1.29 is 43.9 Å². The quantitative estimate of drug-likeness (QED) is 0.310. The first-order valence-corrected chi connectivity index (χ1v) is 6.07. The average Bonchev–Trinajstić information content (AvgIpc) is 2.21. The van der Waals surface area contributed by atoms with Gasteiger partial charge in [0, 0.05) is 0 Å². The van der Waals surface area contributed by atoms with Gasteiger partial charge in [-0.25, -0.2) is 0 Å². The van der Waals surface area contributed by atoms with E-state index in [9.17, 15) is 19.2 Å². The molecule has 0 radical (unpaired) electrons. The SMILES string of the molecule is O=P(O)(O)/C(F)=C/C1OC(O)C(O)C(O)C1O. The van der Waals surface area contributed by atoms with E-state index in [-0.39, 0.29) is 6.08 Å². The first-order chi connectivity index (χ1) is 7.64. The van der Waals surface area contributed by atoms with E-state index in [1.54, 1.807) is 0 Å². The van der Waals surface area contributed by atoms with Crippen LogP contribution in [0.4, 0.5) is 4.39 Å². The summed E-state index contributed by atoms with van der Waals surface area (Å²) in [7, 11) is -5.13. The zero-order chi connectivity index (χ0) is 13.4. The van der Waals surface area contributed by atoms with Gasteiger partial charge in [0.2, 0.25) is 5.57 Å². The lowest BCUT2D eigenvalue weighted by atomic mass is 9.99. The van der Waals surface area contributed by atoms with Gasteiger partial charge in [-0.05, 0) is 6.08 Å². The molecule has 0 aromatic heterocycles. The molecule has 0 amide bonds. The van der Waals surface area contributed by atoms with E-state index in [1.165, 1.54) is 0 Å². The minimum absolute atomic E-state index is 0.240. The van der Waals surface area contributed by atoms with E-state index < -0.39 is 43.9 Å². The molecule has 0 aromatic rings. The molecule has 0 spiro atoms. The summed E-state index contributed by atoms with van der Waals surface area (Å²) in [6.07, 6.45) is -8.80. The first kappa shape index (κ1) is 14.7. The van der Waals surface area contributed by atoms with Crippen molar-refractivity contribution in [3.63, 3.8) is 0 Å². The van der Waals surface area contributed by atoms with Crippen LogP contribution in [0.2, 0.25) is 0 Å². The topological polar surface area (TPSA) is 148 Å². The highest BCUT2D eigenvalue weighted by Gasteiger charge is 2.43. The smallest absolute Gasteiger partial charge is 0.384 e. The Hall–Kier alpha value is -0.380. The van der Waals surface area contributed by atoms with E-state index >= 15 is 0 Å². The fourth-order valence-corrected chi connectivity index (χ4v) is 1.60. The van der Waals surface area contributed by atoms with Crippen molar-refractivity contribution in [2.75, 3.05) is 0 Å². The second-order valence-corrected chi connectivity index (χ2v) is 5.01. The predicted octanol–water partition coefficient (Wildman–Crippen LogP) is -2.23. The highest BCUT2D eigenvalue weighted by Crippen LogP contribution is 2.46. The van der Waals surface area contributed by atoms with Gasteiger partial charge < -0.3 is 34.9 Å². The Kier molecular flexibility index (Phi) is 4.39. The molecule has 1 aliphatic rings. The molecule has 8 nitrogen and oxygen atoms in total. The Morgan fingerprint density at radius 2 is 1.65 bits per heavy atom. The molecule has 1 aliphatic heterocycles. The fourth-order valence-electron chi connectivity index (χ4n) is 1.26. The number of halogens is 1. The van der Waals surface area contributed by atoms with Crippen LogP contribution >= 0.6 is 7.60 Å². The van der Waals surface area contributed by atoms with Gasteiger partial charge in [-0.1, -0.05) is 0 Å². The predicted molar refractivity (Wildman–Crippen MR) is 50.1 cm³/mol. The lowest BCUT2D eigenvalue weighted by molar-refractivity contribution is -0.271. The molecule has 0 saturated carbocycles. The number of rotatable bonds is 2. The second-order valence-electron chi connectivity index (χ2n) is 3.50. The van der Waals surface area contributed by atoms with Gasteiger partial charge in [-0.15, -0.1) is 0 Å². The van der Waals surface area contributed by atoms with Crippen LogP contribution in [0.5, 0.6) is 0 Å². The number of hydrogen-bond donors (Lipinski definition) is 6. The number of aliphatic hydroxyl groups excluding tert-OH is 4. The summed E-state index contributed by atoms with van der Waals surface area (Å²) in [6.45, 7) is 0. The summed E-state index contributed by atoms with van der Waals surface area (Å²) >= 11 is 0. The highest BCUT2D eigenvalue weighted by atomic mass is 31.2. The molecular formula is C7H12FO8P. The van der Waals surface area contributed by atoms with Crippen molar-refractivity contribution in [1.82, 2.24) is 0 Å². The molecule has 100 valence electrons. The summed E-state index contributed by atoms with van der Waals surface area (Å²) in [4.78, 5) is 16.9. The van der Waals surface area contributed by atoms with Crippen LogP contribution in [-0.4, -0.2) is 60.9 Å². The summed E-state index contributed by atoms with van der Waals surface area (Å²) in [6, 6.07) is 0. The maximum Gasteiger partial charge on any atom is 0.384 e. The van der Waals surface area contributed by atoms with Crippen molar-refractivity contribution >= 4 is 7.60 Å². The van der Waals surface area contributed by atoms with Crippen molar-refractivity contribution in [1.29, 1.82) is 0 Å². The molecule has 1 rings (SSSR count). The molecule has 5 unspecified atom stereocenters. The van der Waals surface area contributed by atoms with Gasteiger partial charge >= 0.3 is 7.60 Å². The zero-order valence-corrected chi connectivity index (χ0v) is 9.18. The van der Waals surface area contributed by atoms with Crippen LogP contribution in [0.25, 0.3) is 0 Å². The second kappa shape index (κ2) is 5.09. The maximum atomic E-state index is 12.9. The number of ether oxygens (including phenoxy) is 1. The van der Waals surface area contributed by atoms with Gasteiger partial charge in [0.1, 0.15) is 24.4 Å². The van der Waals surface area contributed by atoms with E-state index in [0.717, 1.165) is 0 Å². The van der Waals surface area contributed by atoms with Crippen molar-refractivity contribution in [2.45, 2.75) is 30.7 Å². The van der Waals surface area contributed by atoms with E-state index in [1.807, 2.05) is 0 Å². The minimum atomic E-state index is -5.13. The van der Waals surface area contributed by atoms with Gasteiger partial charge in [0.05, 0.1) is 0 Å². The summed E-state index contributed by atoms with van der Waals surface area (Å²) in [5.74, 6) is 0. The third-order valence-corrected chi connectivity index (χ3v) is 2.91. The Morgan fingerprint density at radius 3 is 2.12 bits per heavy atom. The van der Waals surface area contributed by atoms with Crippen LogP contribution in [0.15, 0.2) is 11.6 Å². The zero-order valence-electron chi connectivity index (χ0n) is 8.29. The van der Waals surface area contributed by atoms with E-state index in [0.29, 0.717) is 0 Å². The molecule has 0 bridgehead atoms. The molecule has 1 saturated heterocycles. The molecule has 0 aliphatic carbocycles. The third kappa shape index (κ3) is 3.30. The number of hydrogen-bond acceptors (Lipinski definition) is 6. The Labute approximate surface area is 94.7 Å². The summed E-state index contributed by atoms with van der Waals surface area (Å²) in [5, 5.41) is 36.7. The standard InChI is InChI=1S/C7H12FO8P/c8-3(17(13,14)15)1-2-4(9)5(10)6(11)7(12)16-2/h1-2,4-7,9-12H,(H2,13,14,15)/b3-1+. The molecule has 5 atom stereocenters. The summed E-state index contributed by atoms with van der Waals surface area (Å²) < 4.78 is 27.9. The lowest BCUT2D eigenvalue weighted by Crippen LogP contribution is -2.56. The monoisotopic (exact) mass is 274 g/mol. The first-order valence-electron chi connectivity index (χ1n) is 4.45. The number of aliphatic hydroxyl groups is 4. The molecule has 6 N–H and O–H groups in total. The van der Waals surface area contributed by atoms with Crippen LogP contribution in [0, 0.1) is 0 Å². The van der Waals surface area contributed by atoms with Crippen molar-refractivity contribution in [3.8, 4) is 0 Å². The van der Waals surface area contributed by atoms with Crippen LogP contribution in [-0.2, 0) is 9.30 Å². The van der Waals surface area contributed by atoms with Gasteiger partial charge in [-0.3, -0.25) is 4.57 Å². The fraction of sp³-hybridized carbons (Fsp3) is 0.714. The normalized spacial score (nSPS) is 40.4. The Morgan fingerprint density at radius 1 is 1.12 bits per heavy atom. The molecule has 17 heavy (non-hydrogen) atoms. The van der Waals surface area contributed by atoms with E-state index in [4.69, 9.17) is 20.0 Å². The summed E-state index contributed by atoms with van der Waals surface area (Å²) in [5.41, 5.74) is -1.86. The Bertz CT molecular complexity index is 354. The average molecular weight is 274 g/mol. The van der Waals surface area contributed by atoms with Gasteiger partial charge in [0.15, 0.2) is 6.29 Å². The molecular weight excluding hydrogens is 262 g/mol. The highest BCUT2D eigenvalue weighted by molar-refractivity contribution is 7.56. The third-order valence-electron chi connectivity index (χ3n) is 2.21. The largest absolute Gasteiger partial charge is 0.387 e. The van der Waals surface area contributed by atoms with Crippen LogP contribution < -0.4 is 0 Å². The van der Waals surface area contributed by atoms with Crippen molar-refractivity contribution in [2.24, 2.45) is 0 Å². The van der Waals surface area contributed by atoms with Crippen LogP contribution in [0.1, 0.15) is 0 Å². The minimum Gasteiger partial charge on any atom is -0.387 e. The van der Waals surface area contributed by atoms with Crippen LogP contribution in [0.3, 0.4) is 0 Å². The molecule has 0 aromatic carbocycles. The van der Waals surface area contributed by atoms with Gasteiger partial charge in [0.25, 0.3) is 0 Å².